The average Bonchev–Trinajstić information content (AvgIpc) is 3.47. The first-order chi connectivity index (χ1) is 36.6. The fourth-order valence-corrected chi connectivity index (χ4v) is 10.4. The molecule has 354 valence electrons. The molecule has 0 N–H and O–H groups in total. The molecule has 0 spiro atoms. The van der Waals surface area contributed by atoms with Gasteiger partial charge in [-0.05, 0) is 180 Å². The summed E-state index contributed by atoms with van der Waals surface area (Å²) in [6, 6.07) is 105. The topological polar surface area (TPSA) is 13.0 Å². The highest BCUT2D eigenvalue weighted by Gasteiger charge is 2.21. The Balaban J connectivity index is 0.903. The van der Waals surface area contributed by atoms with Gasteiger partial charge in [-0.25, -0.2) is 0 Å². The zero-order chi connectivity index (χ0) is 49.8. The Labute approximate surface area is 434 Å². The van der Waals surface area contributed by atoms with Crippen LogP contribution in [0.15, 0.2) is 291 Å². The normalized spacial score (nSPS) is 11.1. The summed E-state index contributed by atoms with van der Waals surface area (Å²) < 4.78 is 0. The molecule has 0 amide bonds. The molecule has 0 saturated heterocycles. The zero-order valence-corrected chi connectivity index (χ0v) is 41.5. The number of para-hydroxylation sites is 4. The van der Waals surface area contributed by atoms with Gasteiger partial charge in [0.25, 0.3) is 0 Å². The van der Waals surface area contributed by atoms with Crippen molar-refractivity contribution in [1.29, 1.82) is 0 Å². The quantitative estimate of drug-likeness (QED) is 0.114. The Morgan fingerprint density at radius 2 is 0.392 bits per heavy atom. The molecular weight excluding hydrogens is 897 g/mol. The molecule has 0 saturated carbocycles. The zero-order valence-electron chi connectivity index (χ0n) is 41.5. The lowest BCUT2D eigenvalue weighted by atomic mass is 10.0. The lowest BCUT2D eigenvalue weighted by Crippen LogP contribution is -2.12. The van der Waals surface area contributed by atoms with Crippen molar-refractivity contribution in [3.63, 3.8) is 0 Å². The van der Waals surface area contributed by atoms with Crippen molar-refractivity contribution in [2.24, 2.45) is 0 Å². The molecule has 4 nitrogen and oxygen atoms in total. The third kappa shape index (κ3) is 8.91. The molecule has 0 aliphatic rings. The van der Waals surface area contributed by atoms with Crippen molar-refractivity contribution in [2.45, 2.75) is 13.8 Å². The Hall–Kier alpha value is -9.64. The highest BCUT2D eigenvalue weighted by atomic mass is 15.2. The standard InChI is InChI=1S/C70H54N4/c1-51-31-49-69(67-29-17-15-27-65(51)67)73(63-45-41-59(42-46-63)71(55-19-7-3-8-20-55)56-21-9-4-10-22-56)61-37-33-53(34-38-61)54-35-39-62(40-36-54)74(70-50-32-52(2)66-28-16-18-30-68(66)70)64-47-43-60(44-48-64)72(57-23-11-5-12-24-57)58-25-13-6-14-26-58/h3-50H,1-2H3. The van der Waals surface area contributed by atoms with E-state index >= 15 is 0 Å². The maximum atomic E-state index is 2.39. The van der Waals surface area contributed by atoms with E-state index in [0.29, 0.717) is 0 Å². The van der Waals surface area contributed by atoms with Gasteiger partial charge in [-0.15, -0.1) is 0 Å². The molecule has 0 aromatic heterocycles. The molecule has 0 heterocycles. The fourth-order valence-electron chi connectivity index (χ4n) is 10.4. The number of fused-ring (bicyclic) bond motifs is 2. The molecule has 0 aliphatic carbocycles. The van der Waals surface area contributed by atoms with E-state index in [1.807, 2.05) is 0 Å². The van der Waals surface area contributed by atoms with Crippen molar-refractivity contribution in [3.8, 4) is 11.1 Å². The molecule has 12 aromatic rings. The van der Waals surface area contributed by atoms with Crippen LogP contribution in [0.2, 0.25) is 0 Å². The second kappa shape index (κ2) is 20.2. The predicted octanol–water partition coefficient (Wildman–Crippen LogP) is 20.2. The number of hydrogen-bond donors (Lipinski definition) is 0. The van der Waals surface area contributed by atoms with Crippen LogP contribution < -0.4 is 19.6 Å². The van der Waals surface area contributed by atoms with Crippen molar-refractivity contribution in [1.82, 2.24) is 0 Å². The number of nitrogens with zero attached hydrogens (tertiary/aromatic N) is 4. The second-order valence-electron chi connectivity index (χ2n) is 18.7. The van der Waals surface area contributed by atoms with Gasteiger partial charge in [-0.2, -0.15) is 0 Å². The first kappa shape index (κ1) is 45.5. The number of hydrogen-bond acceptors (Lipinski definition) is 4. The van der Waals surface area contributed by atoms with Crippen LogP contribution in [0.4, 0.5) is 68.2 Å². The molecule has 0 unspecified atom stereocenters. The molecule has 0 fully saturated rings. The number of anilines is 12. The van der Waals surface area contributed by atoms with Gasteiger partial charge in [0.15, 0.2) is 0 Å². The number of aryl methyl sites for hydroxylation is 2. The molecule has 12 aromatic carbocycles. The highest BCUT2D eigenvalue weighted by molar-refractivity contribution is 6.02. The summed E-state index contributed by atoms with van der Waals surface area (Å²) >= 11 is 0. The monoisotopic (exact) mass is 950 g/mol. The van der Waals surface area contributed by atoms with Crippen LogP contribution in [0.3, 0.4) is 0 Å². The fraction of sp³-hybridized carbons (Fsp3) is 0.0286. The van der Waals surface area contributed by atoms with Gasteiger partial charge in [-0.1, -0.05) is 158 Å². The van der Waals surface area contributed by atoms with E-state index in [2.05, 4.69) is 325 Å². The van der Waals surface area contributed by atoms with Crippen LogP contribution in [0.5, 0.6) is 0 Å². The molecule has 12 rings (SSSR count). The van der Waals surface area contributed by atoms with Gasteiger partial charge >= 0.3 is 0 Å². The van der Waals surface area contributed by atoms with Crippen molar-refractivity contribution in [2.75, 3.05) is 19.6 Å². The van der Waals surface area contributed by atoms with E-state index in [1.165, 1.54) is 32.7 Å². The summed E-state index contributed by atoms with van der Waals surface area (Å²) in [5.41, 5.74) is 18.0. The first-order valence-corrected chi connectivity index (χ1v) is 25.3. The van der Waals surface area contributed by atoms with Crippen molar-refractivity contribution < 1.29 is 0 Å². The van der Waals surface area contributed by atoms with E-state index < -0.39 is 0 Å². The van der Waals surface area contributed by atoms with Gasteiger partial charge in [0, 0.05) is 67.6 Å². The lowest BCUT2D eigenvalue weighted by Gasteiger charge is -2.29. The molecule has 74 heavy (non-hydrogen) atoms. The SMILES string of the molecule is Cc1ccc(N(c2ccc(-c3ccc(N(c4ccc(N(c5ccccc5)c5ccccc5)cc4)c4ccc(C)c5ccccc45)cc3)cc2)c2ccc(N(c3ccccc3)c3ccccc3)cc2)c2ccccc12. The second-order valence-corrected chi connectivity index (χ2v) is 18.7. The molecule has 4 heteroatoms. The average molecular weight is 951 g/mol. The minimum absolute atomic E-state index is 1.07. The van der Waals surface area contributed by atoms with Crippen LogP contribution in [0.25, 0.3) is 32.7 Å². The maximum absolute atomic E-state index is 2.39. The van der Waals surface area contributed by atoms with Crippen LogP contribution in [0.1, 0.15) is 11.1 Å². The summed E-state index contributed by atoms with van der Waals surface area (Å²) in [6.45, 7) is 4.38. The molecule has 0 atom stereocenters. The molecule has 0 bridgehead atoms. The van der Waals surface area contributed by atoms with Crippen molar-refractivity contribution in [3.05, 3.63) is 302 Å². The Morgan fingerprint density at radius 3 is 0.676 bits per heavy atom. The summed E-state index contributed by atoms with van der Waals surface area (Å²) in [7, 11) is 0. The van der Waals surface area contributed by atoms with Crippen molar-refractivity contribution >= 4 is 89.8 Å². The lowest BCUT2D eigenvalue weighted by molar-refractivity contribution is 1.26. The molecular formula is C70H54N4. The summed E-state index contributed by atoms with van der Waals surface area (Å²) in [5.74, 6) is 0. The van der Waals surface area contributed by atoms with E-state index in [4.69, 9.17) is 0 Å². The van der Waals surface area contributed by atoms with Gasteiger partial charge in [-0.3, -0.25) is 0 Å². The predicted molar refractivity (Wildman–Crippen MR) is 315 cm³/mol. The number of rotatable bonds is 13. The Kier molecular flexibility index (Phi) is 12.4. The van der Waals surface area contributed by atoms with Crippen LogP contribution in [-0.4, -0.2) is 0 Å². The molecule has 0 radical (unpaired) electrons. The first-order valence-electron chi connectivity index (χ1n) is 25.3. The Morgan fingerprint density at radius 1 is 0.176 bits per heavy atom. The number of benzene rings is 12. The highest BCUT2D eigenvalue weighted by Crippen LogP contribution is 2.45. The smallest absolute Gasteiger partial charge is 0.0540 e. The van der Waals surface area contributed by atoms with Gasteiger partial charge in [0.05, 0.1) is 11.4 Å². The molecule has 0 aliphatic heterocycles. The van der Waals surface area contributed by atoms with Gasteiger partial charge in [0.2, 0.25) is 0 Å². The maximum Gasteiger partial charge on any atom is 0.0540 e. The summed E-state index contributed by atoms with van der Waals surface area (Å²) in [4.78, 5) is 9.39. The van der Waals surface area contributed by atoms with Crippen LogP contribution in [-0.2, 0) is 0 Å². The summed E-state index contributed by atoms with van der Waals surface area (Å²) in [5, 5.41) is 4.90. The third-order valence-electron chi connectivity index (χ3n) is 14.1. The van der Waals surface area contributed by atoms with Crippen LogP contribution in [0, 0.1) is 13.8 Å². The van der Waals surface area contributed by atoms with Gasteiger partial charge < -0.3 is 19.6 Å². The van der Waals surface area contributed by atoms with E-state index in [0.717, 1.165) is 79.4 Å². The summed E-state index contributed by atoms with van der Waals surface area (Å²) in [6.07, 6.45) is 0. The third-order valence-corrected chi connectivity index (χ3v) is 14.1. The van der Waals surface area contributed by atoms with E-state index in [9.17, 15) is 0 Å². The van der Waals surface area contributed by atoms with Crippen LogP contribution >= 0.6 is 0 Å². The Bertz CT molecular complexity index is 3490. The largest absolute Gasteiger partial charge is 0.311 e. The van der Waals surface area contributed by atoms with E-state index in [1.54, 1.807) is 0 Å². The van der Waals surface area contributed by atoms with E-state index in [-0.39, 0.29) is 0 Å². The van der Waals surface area contributed by atoms with Gasteiger partial charge in [0.1, 0.15) is 0 Å². The minimum atomic E-state index is 1.07. The minimum Gasteiger partial charge on any atom is -0.311 e.